The molecule has 1 aromatic carbocycles. The van der Waals surface area contributed by atoms with Gasteiger partial charge in [-0.3, -0.25) is 0 Å². The Labute approximate surface area is 113 Å². The quantitative estimate of drug-likeness (QED) is 0.863. The minimum absolute atomic E-state index is 0.155. The summed E-state index contributed by atoms with van der Waals surface area (Å²) in [5.41, 5.74) is 0.364. The van der Waals surface area contributed by atoms with Crippen LogP contribution in [0.5, 0.6) is 0 Å². The van der Waals surface area contributed by atoms with E-state index in [4.69, 9.17) is 0 Å². The third kappa shape index (κ3) is 3.32. The Kier molecular flexibility index (Phi) is 4.23. The summed E-state index contributed by atoms with van der Waals surface area (Å²) in [6, 6.07) is 3.95. The number of benzene rings is 1. The van der Waals surface area contributed by atoms with Gasteiger partial charge in [-0.2, -0.15) is 0 Å². The first-order chi connectivity index (χ1) is 8.95. The standard InChI is InChI=1S/C13H19FN2O2S/c1-15-8-11-7-12(5-6-13(11)14)19(17,18)16(2)9-10-3-4-10/h5-7,10,15H,3-4,8-9H2,1-2H3. The molecule has 2 rings (SSSR count). The fourth-order valence-corrected chi connectivity index (χ4v) is 3.28. The van der Waals surface area contributed by atoms with Crippen LogP contribution in [0.3, 0.4) is 0 Å². The molecule has 1 fully saturated rings. The van der Waals surface area contributed by atoms with Crippen molar-refractivity contribution in [1.29, 1.82) is 0 Å². The molecule has 0 amide bonds. The van der Waals surface area contributed by atoms with E-state index < -0.39 is 15.8 Å². The second-order valence-corrected chi connectivity index (χ2v) is 7.06. The van der Waals surface area contributed by atoms with Gasteiger partial charge in [0.15, 0.2) is 0 Å². The summed E-state index contributed by atoms with van der Waals surface area (Å²) in [7, 11) is -0.240. The molecule has 0 aromatic heterocycles. The number of halogens is 1. The van der Waals surface area contributed by atoms with Crippen LogP contribution in [-0.2, 0) is 16.6 Å². The molecule has 1 saturated carbocycles. The van der Waals surface area contributed by atoms with Crippen LogP contribution in [0.2, 0.25) is 0 Å². The van der Waals surface area contributed by atoms with Gasteiger partial charge in [-0.05, 0) is 44.0 Å². The monoisotopic (exact) mass is 286 g/mol. The van der Waals surface area contributed by atoms with Gasteiger partial charge in [0.25, 0.3) is 0 Å². The third-order valence-corrected chi connectivity index (χ3v) is 5.12. The lowest BCUT2D eigenvalue weighted by Crippen LogP contribution is -2.29. The van der Waals surface area contributed by atoms with Gasteiger partial charge >= 0.3 is 0 Å². The van der Waals surface area contributed by atoms with Crippen molar-refractivity contribution < 1.29 is 12.8 Å². The fraction of sp³-hybridized carbons (Fsp3) is 0.538. The lowest BCUT2D eigenvalue weighted by Gasteiger charge is -2.17. The van der Waals surface area contributed by atoms with Gasteiger partial charge in [0.1, 0.15) is 5.82 Å². The van der Waals surface area contributed by atoms with Crippen LogP contribution in [-0.4, -0.2) is 33.4 Å². The summed E-state index contributed by atoms with van der Waals surface area (Å²) in [5, 5.41) is 2.83. The van der Waals surface area contributed by atoms with Crippen LogP contribution < -0.4 is 5.32 Å². The highest BCUT2D eigenvalue weighted by atomic mass is 32.2. The van der Waals surface area contributed by atoms with E-state index in [-0.39, 0.29) is 4.90 Å². The molecule has 0 atom stereocenters. The summed E-state index contributed by atoms with van der Waals surface area (Å²) < 4.78 is 39.6. The lowest BCUT2D eigenvalue weighted by molar-refractivity contribution is 0.452. The summed E-state index contributed by atoms with van der Waals surface area (Å²) in [6.07, 6.45) is 2.18. The van der Waals surface area contributed by atoms with E-state index in [1.54, 1.807) is 14.1 Å². The Bertz CT molecular complexity index is 556. The van der Waals surface area contributed by atoms with Crippen molar-refractivity contribution >= 4 is 10.0 Å². The molecular weight excluding hydrogens is 267 g/mol. The lowest BCUT2D eigenvalue weighted by atomic mass is 10.2. The molecule has 1 N–H and O–H groups in total. The number of rotatable bonds is 6. The van der Waals surface area contributed by atoms with Crippen LogP contribution in [0.25, 0.3) is 0 Å². The SMILES string of the molecule is CNCc1cc(S(=O)(=O)N(C)CC2CC2)ccc1F. The van der Waals surface area contributed by atoms with Gasteiger partial charge < -0.3 is 5.32 Å². The van der Waals surface area contributed by atoms with Crippen LogP contribution in [0.4, 0.5) is 4.39 Å². The number of sulfonamides is 1. The maximum Gasteiger partial charge on any atom is 0.242 e. The summed E-state index contributed by atoms with van der Waals surface area (Å²) in [6.45, 7) is 0.850. The number of nitrogens with zero attached hydrogens (tertiary/aromatic N) is 1. The first-order valence-electron chi connectivity index (χ1n) is 6.34. The molecule has 1 aliphatic rings. The van der Waals surface area contributed by atoms with Crippen molar-refractivity contribution in [2.24, 2.45) is 5.92 Å². The zero-order valence-corrected chi connectivity index (χ0v) is 12.0. The highest BCUT2D eigenvalue weighted by molar-refractivity contribution is 7.89. The van der Waals surface area contributed by atoms with Crippen LogP contribution in [0.1, 0.15) is 18.4 Å². The summed E-state index contributed by atoms with van der Waals surface area (Å²) >= 11 is 0. The van der Waals surface area contributed by atoms with E-state index >= 15 is 0 Å². The van der Waals surface area contributed by atoms with Gasteiger partial charge in [-0.1, -0.05) is 0 Å². The Hall–Kier alpha value is -0.980. The van der Waals surface area contributed by atoms with Gasteiger partial charge in [-0.25, -0.2) is 17.1 Å². The largest absolute Gasteiger partial charge is 0.316 e. The highest BCUT2D eigenvalue weighted by Gasteiger charge is 2.29. The molecular formula is C13H19FN2O2S. The molecule has 0 radical (unpaired) electrons. The van der Waals surface area contributed by atoms with Crippen molar-refractivity contribution in [3.8, 4) is 0 Å². The minimum atomic E-state index is -3.51. The fourth-order valence-electron chi connectivity index (χ4n) is 1.98. The number of hydrogen-bond acceptors (Lipinski definition) is 3. The van der Waals surface area contributed by atoms with Crippen molar-refractivity contribution in [3.05, 3.63) is 29.6 Å². The van der Waals surface area contributed by atoms with Gasteiger partial charge in [0.05, 0.1) is 4.90 Å². The van der Waals surface area contributed by atoms with E-state index in [1.165, 1.54) is 22.5 Å². The molecule has 1 aromatic rings. The minimum Gasteiger partial charge on any atom is -0.316 e. The van der Waals surface area contributed by atoms with E-state index in [0.717, 1.165) is 12.8 Å². The molecule has 0 bridgehead atoms. The molecule has 4 nitrogen and oxygen atoms in total. The Morgan fingerprint density at radius 1 is 1.42 bits per heavy atom. The van der Waals surface area contributed by atoms with Gasteiger partial charge in [0.2, 0.25) is 10.0 Å². The molecule has 0 aliphatic heterocycles. The molecule has 19 heavy (non-hydrogen) atoms. The average molecular weight is 286 g/mol. The van der Waals surface area contributed by atoms with Crippen LogP contribution in [0.15, 0.2) is 23.1 Å². The second kappa shape index (κ2) is 5.56. The zero-order chi connectivity index (χ0) is 14.0. The first-order valence-corrected chi connectivity index (χ1v) is 7.78. The summed E-state index contributed by atoms with van der Waals surface area (Å²) in [4.78, 5) is 0.155. The van der Waals surface area contributed by atoms with Crippen molar-refractivity contribution in [2.75, 3.05) is 20.6 Å². The molecule has 0 saturated heterocycles. The van der Waals surface area contributed by atoms with Crippen molar-refractivity contribution in [2.45, 2.75) is 24.3 Å². The first kappa shape index (κ1) is 14.4. The van der Waals surface area contributed by atoms with E-state index in [2.05, 4.69) is 5.32 Å². The van der Waals surface area contributed by atoms with Crippen LogP contribution in [0, 0.1) is 11.7 Å². The van der Waals surface area contributed by atoms with E-state index in [9.17, 15) is 12.8 Å². The maximum atomic E-state index is 13.5. The molecule has 0 heterocycles. The van der Waals surface area contributed by atoms with E-state index in [0.29, 0.717) is 24.6 Å². The smallest absolute Gasteiger partial charge is 0.242 e. The zero-order valence-electron chi connectivity index (χ0n) is 11.2. The van der Waals surface area contributed by atoms with Crippen molar-refractivity contribution in [1.82, 2.24) is 9.62 Å². The molecule has 1 aliphatic carbocycles. The Balaban J connectivity index is 2.25. The predicted molar refractivity (Wildman–Crippen MR) is 71.7 cm³/mol. The van der Waals surface area contributed by atoms with Crippen LogP contribution >= 0.6 is 0 Å². The topological polar surface area (TPSA) is 49.4 Å². The maximum absolute atomic E-state index is 13.5. The van der Waals surface area contributed by atoms with Gasteiger partial charge in [-0.15, -0.1) is 0 Å². The summed E-state index contributed by atoms with van der Waals surface area (Å²) in [5.74, 6) is 0.0927. The molecule has 106 valence electrons. The second-order valence-electron chi connectivity index (χ2n) is 5.01. The number of nitrogens with one attached hydrogen (secondary N) is 1. The Morgan fingerprint density at radius 3 is 2.68 bits per heavy atom. The molecule has 6 heteroatoms. The number of hydrogen-bond donors (Lipinski definition) is 1. The Morgan fingerprint density at radius 2 is 2.11 bits per heavy atom. The predicted octanol–water partition coefficient (Wildman–Crippen LogP) is 1.58. The normalized spacial score (nSPS) is 16.0. The molecule has 0 spiro atoms. The van der Waals surface area contributed by atoms with E-state index in [1.807, 2.05) is 0 Å². The van der Waals surface area contributed by atoms with Gasteiger partial charge in [0, 0.05) is 25.7 Å². The van der Waals surface area contributed by atoms with Crippen molar-refractivity contribution in [3.63, 3.8) is 0 Å². The third-order valence-electron chi connectivity index (χ3n) is 3.30. The highest BCUT2D eigenvalue weighted by Crippen LogP contribution is 2.31. The average Bonchev–Trinajstić information content (AvgIpc) is 3.16. The molecule has 0 unspecified atom stereocenters.